The van der Waals surface area contributed by atoms with Crippen molar-refractivity contribution in [1.82, 2.24) is 9.21 Å². The minimum absolute atomic E-state index is 0.0796. The van der Waals surface area contributed by atoms with Gasteiger partial charge in [0.1, 0.15) is 4.21 Å². The van der Waals surface area contributed by atoms with Crippen LogP contribution < -0.4 is 0 Å². The van der Waals surface area contributed by atoms with E-state index in [2.05, 4.69) is 15.9 Å². The fourth-order valence-electron chi connectivity index (χ4n) is 1.97. The number of sulfonamides is 1. The number of rotatable bonds is 3. The molecule has 5 nitrogen and oxygen atoms in total. The Balaban J connectivity index is 2.07. The standard InChI is InChI=1S/C11H15BrN2O3S2/c1-2-10(15)13-5-7-14(8-6-13)19(16,17)11-4-3-9(12)18-11/h3-4H,2,5-8H2,1H3. The van der Waals surface area contributed by atoms with Crippen molar-refractivity contribution in [3.63, 3.8) is 0 Å². The molecule has 8 heteroatoms. The summed E-state index contributed by atoms with van der Waals surface area (Å²) in [7, 11) is -3.41. The summed E-state index contributed by atoms with van der Waals surface area (Å²) in [4.78, 5) is 13.3. The van der Waals surface area contributed by atoms with Gasteiger partial charge in [0.25, 0.3) is 10.0 Å². The van der Waals surface area contributed by atoms with Crippen LogP contribution in [0.3, 0.4) is 0 Å². The molecular weight excluding hydrogens is 352 g/mol. The summed E-state index contributed by atoms with van der Waals surface area (Å²) in [6.45, 7) is 3.48. The average molecular weight is 367 g/mol. The van der Waals surface area contributed by atoms with E-state index in [1.165, 1.54) is 15.6 Å². The lowest BCUT2D eigenvalue weighted by Gasteiger charge is -2.33. The molecule has 1 aromatic rings. The highest BCUT2D eigenvalue weighted by Crippen LogP contribution is 2.28. The second-order valence-corrected chi connectivity index (χ2v) is 8.82. The van der Waals surface area contributed by atoms with Gasteiger partial charge in [-0.2, -0.15) is 4.31 Å². The maximum absolute atomic E-state index is 12.4. The summed E-state index contributed by atoms with van der Waals surface area (Å²) in [5.41, 5.74) is 0. The first-order valence-corrected chi connectivity index (χ1v) is 9.03. The highest BCUT2D eigenvalue weighted by molar-refractivity contribution is 9.11. The van der Waals surface area contributed by atoms with Gasteiger partial charge in [-0.1, -0.05) is 6.92 Å². The summed E-state index contributed by atoms with van der Waals surface area (Å²) in [6.07, 6.45) is 0.463. The number of nitrogens with zero attached hydrogens (tertiary/aromatic N) is 2. The van der Waals surface area contributed by atoms with E-state index in [0.717, 1.165) is 3.79 Å². The van der Waals surface area contributed by atoms with E-state index in [1.807, 2.05) is 6.92 Å². The summed E-state index contributed by atoms with van der Waals surface area (Å²) in [5, 5.41) is 0. The summed E-state index contributed by atoms with van der Waals surface area (Å²) in [5.74, 6) is 0.0796. The number of piperazine rings is 1. The zero-order valence-corrected chi connectivity index (χ0v) is 13.7. The van der Waals surface area contributed by atoms with E-state index >= 15 is 0 Å². The lowest BCUT2D eigenvalue weighted by molar-refractivity contribution is -0.132. The fourth-order valence-corrected chi connectivity index (χ4v) is 5.55. The van der Waals surface area contributed by atoms with Crippen molar-refractivity contribution in [2.45, 2.75) is 17.6 Å². The van der Waals surface area contributed by atoms with Gasteiger partial charge in [-0.15, -0.1) is 11.3 Å². The van der Waals surface area contributed by atoms with Crippen molar-refractivity contribution in [2.75, 3.05) is 26.2 Å². The number of carbonyl (C=O) groups excluding carboxylic acids is 1. The quantitative estimate of drug-likeness (QED) is 0.818. The number of hydrogen-bond acceptors (Lipinski definition) is 4. The predicted molar refractivity (Wildman–Crippen MR) is 77.6 cm³/mol. The molecule has 1 aromatic heterocycles. The molecule has 2 heterocycles. The summed E-state index contributed by atoms with van der Waals surface area (Å²) in [6, 6.07) is 3.34. The Kier molecular flexibility index (Phi) is 4.65. The first-order valence-electron chi connectivity index (χ1n) is 5.98. The molecule has 19 heavy (non-hydrogen) atoms. The van der Waals surface area contributed by atoms with Gasteiger partial charge < -0.3 is 4.90 Å². The van der Waals surface area contributed by atoms with Crippen LogP contribution in [-0.4, -0.2) is 49.7 Å². The first-order chi connectivity index (χ1) is 8.95. The highest BCUT2D eigenvalue weighted by Gasteiger charge is 2.30. The zero-order chi connectivity index (χ0) is 14.0. The molecule has 0 atom stereocenters. The first kappa shape index (κ1) is 15.0. The van der Waals surface area contributed by atoms with Crippen LogP contribution in [0.4, 0.5) is 0 Å². The molecule has 0 aliphatic carbocycles. The molecule has 2 rings (SSSR count). The average Bonchev–Trinajstić information content (AvgIpc) is 2.85. The number of carbonyl (C=O) groups is 1. The Morgan fingerprint density at radius 2 is 1.95 bits per heavy atom. The van der Waals surface area contributed by atoms with Crippen LogP contribution in [0, 0.1) is 0 Å². The third-order valence-corrected chi connectivity index (χ3v) is 7.03. The van der Waals surface area contributed by atoms with Crippen LogP contribution in [0.1, 0.15) is 13.3 Å². The maximum atomic E-state index is 12.4. The van der Waals surface area contributed by atoms with Crippen LogP contribution in [-0.2, 0) is 14.8 Å². The van der Waals surface area contributed by atoms with Gasteiger partial charge in [-0.25, -0.2) is 8.42 Å². The molecule has 0 N–H and O–H groups in total. The molecule has 1 amide bonds. The van der Waals surface area contributed by atoms with Crippen molar-refractivity contribution in [3.8, 4) is 0 Å². The van der Waals surface area contributed by atoms with Gasteiger partial charge in [0.2, 0.25) is 5.91 Å². The van der Waals surface area contributed by atoms with Crippen molar-refractivity contribution in [3.05, 3.63) is 15.9 Å². The molecule has 0 spiro atoms. The Morgan fingerprint density at radius 1 is 1.32 bits per heavy atom. The van der Waals surface area contributed by atoms with E-state index < -0.39 is 10.0 Å². The number of thiophene rings is 1. The third-order valence-electron chi connectivity index (χ3n) is 3.04. The number of amides is 1. The lowest BCUT2D eigenvalue weighted by atomic mass is 10.3. The van der Waals surface area contributed by atoms with Crippen LogP contribution in [0.2, 0.25) is 0 Å². The minimum Gasteiger partial charge on any atom is -0.340 e. The Hall–Kier alpha value is -0.440. The van der Waals surface area contributed by atoms with E-state index in [0.29, 0.717) is 36.8 Å². The van der Waals surface area contributed by atoms with E-state index in [1.54, 1.807) is 17.0 Å². The second-order valence-electron chi connectivity index (χ2n) is 4.20. The topological polar surface area (TPSA) is 57.7 Å². The molecular formula is C11H15BrN2O3S2. The van der Waals surface area contributed by atoms with Gasteiger partial charge in [-0.05, 0) is 28.1 Å². The van der Waals surface area contributed by atoms with Crippen molar-refractivity contribution >= 4 is 43.2 Å². The lowest BCUT2D eigenvalue weighted by Crippen LogP contribution is -2.50. The maximum Gasteiger partial charge on any atom is 0.252 e. The smallest absolute Gasteiger partial charge is 0.252 e. The van der Waals surface area contributed by atoms with Crippen molar-refractivity contribution in [2.24, 2.45) is 0 Å². The Labute approximate surface area is 125 Å². The Bertz CT molecular complexity index is 562. The Morgan fingerprint density at radius 3 is 2.42 bits per heavy atom. The minimum atomic E-state index is -3.41. The van der Waals surface area contributed by atoms with Crippen LogP contribution in [0.5, 0.6) is 0 Å². The van der Waals surface area contributed by atoms with E-state index in [9.17, 15) is 13.2 Å². The second kappa shape index (κ2) is 5.90. The van der Waals surface area contributed by atoms with Crippen molar-refractivity contribution in [1.29, 1.82) is 0 Å². The molecule has 0 unspecified atom stereocenters. The van der Waals surface area contributed by atoms with Gasteiger partial charge in [-0.3, -0.25) is 4.79 Å². The monoisotopic (exact) mass is 366 g/mol. The van der Waals surface area contributed by atoms with Crippen LogP contribution in [0.25, 0.3) is 0 Å². The van der Waals surface area contributed by atoms with Crippen LogP contribution in [0.15, 0.2) is 20.1 Å². The molecule has 1 saturated heterocycles. The predicted octanol–water partition coefficient (Wildman–Crippen LogP) is 1.75. The largest absolute Gasteiger partial charge is 0.340 e. The van der Waals surface area contributed by atoms with Gasteiger partial charge >= 0.3 is 0 Å². The van der Waals surface area contributed by atoms with Gasteiger partial charge in [0.15, 0.2) is 0 Å². The molecule has 0 aromatic carbocycles. The van der Waals surface area contributed by atoms with Crippen LogP contribution >= 0.6 is 27.3 Å². The molecule has 1 aliphatic heterocycles. The molecule has 1 aliphatic rings. The molecule has 106 valence electrons. The SMILES string of the molecule is CCC(=O)N1CCN(S(=O)(=O)c2ccc(Br)s2)CC1. The molecule has 1 fully saturated rings. The van der Waals surface area contributed by atoms with Gasteiger partial charge in [0.05, 0.1) is 3.79 Å². The normalized spacial score (nSPS) is 17.7. The zero-order valence-electron chi connectivity index (χ0n) is 10.5. The molecule has 0 bridgehead atoms. The van der Waals surface area contributed by atoms with Gasteiger partial charge in [0, 0.05) is 32.6 Å². The van der Waals surface area contributed by atoms with Crippen molar-refractivity contribution < 1.29 is 13.2 Å². The molecule has 0 radical (unpaired) electrons. The number of hydrogen-bond donors (Lipinski definition) is 0. The fraction of sp³-hybridized carbons (Fsp3) is 0.545. The molecule has 0 saturated carbocycles. The number of halogens is 1. The summed E-state index contributed by atoms with van der Waals surface area (Å²) >= 11 is 4.48. The summed E-state index contributed by atoms with van der Waals surface area (Å²) < 4.78 is 27.3. The third kappa shape index (κ3) is 3.18. The highest BCUT2D eigenvalue weighted by atomic mass is 79.9. The van der Waals surface area contributed by atoms with E-state index in [4.69, 9.17) is 0 Å². The van der Waals surface area contributed by atoms with E-state index in [-0.39, 0.29) is 5.91 Å².